The Hall–Kier alpha value is -1.25. The molecule has 1 rings (SSSR count). The summed E-state index contributed by atoms with van der Waals surface area (Å²) in [5.41, 5.74) is 0. The normalized spacial score (nSPS) is 10.8. The molecule has 0 aliphatic carbocycles. The van der Waals surface area contributed by atoms with E-state index in [2.05, 4.69) is 0 Å². The van der Waals surface area contributed by atoms with Gasteiger partial charge in [-0.1, -0.05) is 11.6 Å². The predicted octanol–water partition coefficient (Wildman–Crippen LogP) is 2.04. The molecule has 1 aromatic carbocycles. The van der Waals surface area contributed by atoms with E-state index in [0.717, 1.165) is 0 Å². The molecule has 0 heterocycles. The molecule has 1 aromatic rings. The molecule has 0 bridgehead atoms. The molecule has 0 fully saturated rings. The largest absolute Gasteiger partial charge is 0.495 e. The van der Waals surface area contributed by atoms with Crippen LogP contribution in [-0.4, -0.2) is 21.3 Å². The molecule has 0 aliphatic heterocycles. The Morgan fingerprint density at radius 2 is 2.19 bits per heavy atom. The summed E-state index contributed by atoms with van der Waals surface area (Å²) in [6.45, 7) is 0. The molecule has 0 aromatic heterocycles. The maximum Gasteiger partial charge on any atom is 0.179 e. The van der Waals surface area contributed by atoms with E-state index in [0.29, 0.717) is 5.75 Å². The van der Waals surface area contributed by atoms with E-state index < -0.39 is 9.84 Å². The number of halogens is 1. The van der Waals surface area contributed by atoms with E-state index in [9.17, 15) is 8.42 Å². The van der Waals surface area contributed by atoms with Gasteiger partial charge in [-0.3, -0.25) is 0 Å². The molecule has 86 valence electrons. The molecular weight excluding hydrogens is 250 g/mol. The minimum absolute atomic E-state index is 0.0357. The number of benzene rings is 1. The Kier molecular flexibility index (Phi) is 4.16. The number of hydrogen-bond donors (Lipinski definition) is 0. The van der Waals surface area contributed by atoms with Crippen LogP contribution >= 0.6 is 11.6 Å². The van der Waals surface area contributed by atoms with Crippen LogP contribution in [0, 0.1) is 11.3 Å². The predicted molar refractivity (Wildman–Crippen MR) is 60.3 cm³/mol. The number of sulfone groups is 1. The van der Waals surface area contributed by atoms with Crippen LogP contribution in [0.3, 0.4) is 0 Å². The standard InChI is InChI=1S/C10H10ClNO3S/c1-15-10-4-3-8(7-9(10)11)16(13,14)6-2-5-12/h3-4,7H,2,6H2,1H3. The fraction of sp³-hybridized carbons (Fsp3) is 0.300. The first-order chi connectivity index (χ1) is 7.51. The number of nitrogens with zero attached hydrogens (tertiary/aromatic N) is 1. The maximum atomic E-state index is 11.7. The Morgan fingerprint density at radius 1 is 1.50 bits per heavy atom. The minimum Gasteiger partial charge on any atom is -0.495 e. The first kappa shape index (κ1) is 12.8. The van der Waals surface area contributed by atoms with E-state index in [-0.39, 0.29) is 22.1 Å². The van der Waals surface area contributed by atoms with Crippen molar-refractivity contribution >= 4 is 21.4 Å². The highest BCUT2D eigenvalue weighted by Crippen LogP contribution is 2.27. The first-order valence-corrected chi connectivity index (χ1v) is 6.47. The summed E-state index contributed by atoms with van der Waals surface area (Å²) in [7, 11) is -1.98. The van der Waals surface area contributed by atoms with Crippen LogP contribution in [0.15, 0.2) is 23.1 Å². The molecule has 16 heavy (non-hydrogen) atoms. The highest BCUT2D eigenvalue weighted by atomic mass is 35.5. The fourth-order valence-electron chi connectivity index (χ4n) is 1.14. The number of ether oxygens (including phenoxy) is 1. The third kappa shape index (κ3) is 2.87. The van der Waals surface area contributed by atoms with Crippen molar-refractivity contribution in [2.24, 2.45) is 0 Å². The van der Waals surface area contributed by atoms with Gasteiger partial charge in [-0.25, -0.2) is 8.42 Å². The van der Waals surface area contributed by atoms with Gasteiger partial charge in [0.2, 0.25) is 0 Å². The highest BCUT2D eigenvalue weighted by molar-refractivity contribution is 7.91. The molecule has 0 unspecified atom stereocenters. The number of rotatable bonds is 4. The second kappa shape index (κ2) is 5.19. The Morgan fingerprint density at radius 3 is 2.69 bits per heavy atom. The molecule has 0 spiro atoms. The molecule has 6 heteroatoms. The number of methoxy groups -OCH3 is 1. The third-order valence-electron chi connectivity index (χ3n) is 1.96. The fourth-order valence-corrected chi connectivity index (χ4v) is 2.63. The number of hydrogen-bond acceptors (Lipinski definition) is 4. The number of nitriles is 1. The maximum absolute atomic E-state index is 11.7. The van der Waals surface area contributed by atoms with Crippen molar-refractivity contribution in [3.63, 3.8) is 0 Å². The van der Waals surface area contributed by atoms with Gasteiger partial charge < -0.3 is 4.74 Å². The lowest BCUT2D eigenvalue weighted by molar-refractivity contribution is 0.414. The van der Waals surface area contributed by atoms with Gasteiger partial charge in [-0.15, -0.1) is 0 Å². The molecule has 0 saturated heterocycles. The van der Waals surface area contributed by atoms with Gasteiger partial charge in [0.25, 0.3) is 0 Å². The topological polar surface area (TPSA) is 67.2 Å². The molecule has 0 N–H and O–H groups in total. The third-order valence-corrected chi connectivity index (χ3v) is 3.97. The minimum atomic E-state index is -3.43. The molecule has 0 amide bonds. The van der Waals surface area contributed by atoms with Gasteiger partial charge >= 0.3 is 0 Å². The van der Waals surface area contributed by atoms with Crippen LogP contribution in [0.25, 0.3) is 0 Å². The zero-order valence-electron chi connectivity index (χ0n) is 8.60. The van der Waals surface area contributed by atoms with E-state index in [1.807, 2.05) is 0 Å². The van der Waals surface area contributed by atoms with Gasteiger partial charge in [0, 0.05) is 6.42 Å². The molecular formula is C10H10ClNO3S. The van der Waals surface area contributed by atoms with Crippen LogP contribution in [0.4, 0.5) is 0 Å². The van der Waals surface area contributed by atoms with Crippen molar-refractivity contribution in [2.45, 2.75) is 11.3 Å². The quantitative estimate of drug-likeness (QED) is 0.830. The second-order valence-corrected chi connectivity index (χ2v) is 5.54. The van der Waals surface area contributed by atoms with Gasteiger partial charge in [-0.2, -0.15) is 5.26 Å². The summed E-state index contributed by atoms with van der Waals surface area (Å²) < 4.78 is 28.3. The van der Waals surface area contributed by atoms with Crippen LogP contribution in [0.1, 0.15) is 6.42 Å². The van der Waals surface area contributed by atoms with E-state index >= 15 is 0 Å². The SMILES string of the molecule is COc1ccc(S(=O)(=O)CCC#N)cc1Cl. The zero-order chi connectivity index (χ0) is 12.2. The molecule has 0 saturated carbocycles. The smallest absolute Gasteiger partial charge is 0.179 e. The van der Waals surface area contributed by atoms with Crippen LogP contribution in [0.2, 0.25) is 5.02 Å². The van der Waals surface area contributed by atoms with Crippen molar-refractivity contribution in [2.75, 3.05) is 12.9 Å². The summed E-state index contributed by atoms with van der Waals surface area (Å²) >= 11 is 5.82. The lowest BCUT2D eigenvalue weighted by atomic mass is 10.3. The van der Waals surface area contributed by atoms with Crippen molar-refractivity contribution in [1.82, 2.24) is 0 Å². The van der Waals surface area contributed by atoms with E-state index in [1.165, 1.54) is 25.3 Å². The molecule has 0 radical (unpaired) electrons. The monoisotopic (exact) mass is 259 g/mol. The van der Waals surface area contributed by atoms with E-state index in [4.69, 9.17) is 21.6 Å². The average Bonchev–Trinajstić information content (AvgIpc) is 2.26. The molecule has 0 aliphatic rings. The first-order valence-electron chi connectivity index (χ1n) is 4.44. The summed E-state index contributed by atoms with van der Waals surface area (Å²) in [6.07, 6.45) is -0.0357. The second-order valence-electron chi connectivity index (χ2n) is 3.02. The average molecular weight is 260 g/mol. The lowest BCUT2D eigenvalue weighted by Crippen LogP contribution is -2.06. The molecule has 4 nitrogen and oxygen atoms in total. The lowest BCUT2D eigenvalue weighted by Gasteiger charge is -2.06. The summed E-state index contributed by atoms with van der Waals surface area (Å²) in [4.78, 5) is 0.105. The van der Waals surface area contributed by atoms with Crippen LogP contribution in [0.5, 0.6) is 5.75 Å². The summed E-state index contributed by atoms with van der Waals surface area (Å²) in [5.74, 6) is 0.215. The van der Waals surface area contributed by atoms with Gasteiger partial charge in [-0.05, 0) is 18.2 Å². The van der Waals surface area contributed by atoms with Crippen LogP contribution in [-0.2, 0) is 9.84 Å². The van der Waals surface area contributed by atoms with Gasteiger partial charge in [0.1, 0.15) is 5.75 Å². The van der Waals surface area contributed by atoms with E-state index in [1.54, 1.807) is 6.07 Å². The Bertz CT molecular complexity index is 519. The van der Waals surface area contributed by atoms with Crippen molar-refractivity contribution < 1.29 is 13.2 Å². The summed E-state index contributed by atoms with van der Waals surface area (Å²) in [5, 5.41) is 8.59. The highest BCUT2D eigenvalue weighted by Gasteiger charge is 2.15. The Labute approximate surface area is 99.3 Å². The van der Waals surface area contributed by atoms with Gasteiger partial charge in [0.15, 0.2) is 9.84 Å². The van der Waals surface area contributed by atoms with Crippen LogP contribution < -0.4 is 4.74 Å². The van der Waals surface area contributed by atoms with Crippen molar-refractivity contribution in [3.05, 3.63) is 23.2 Å². The zero-order valence-corrected chi connectivity index (χ0v) is 10.2. The van der Waals surface area contributed by atoms with Crippen molar-refractivity contribution in [1.29, 1.82) is 5.26 Å². The summed E-state index contributed by atoms with van der Waals surface area (Å²) in [6, 6.07) is 6.02. The molecule has 0 atom stereocenters. The Balaban J connectivity index is 3.06. The van der Waals surface area contributed by atoms with Crippen molar-refractivity contribution in [3.8, 4) is 11.8 Å². The van der Waals surface area contributed by atoms with Gasteiger partial charge in [0.05, 0.1) is 28.8 Å².